The quantitative estimate of drug-likeness (QED) is 0.264. The Hall–Kier alpha value is -3.62. The number of nitrogens with zero attached hydrogens (tertiary/aromatic N) is 6. The van der Waals surface area contributed by atoms with E-state index in [1.54, 1.807) is 0 Å². The van der Waals surface area contributed by atoms with E-state index in [1.807, 2.05) is 11.1 Å². The first-order chi connectivity index (χ1) is 20.9. The lowest BCUT2D eigenvalue weighted by molar-refractivity contribution is -0.127. The van der Waals surface area contributed by atoms with Crippen LogP contribution in [0, 0.1) is 13.8 Å². The largest absolute Gasteiger partial charge is 0.346 e. The molecule has 3 aliphatic rings. The maximum Gasteiger partial charge on any atom is 0.245 e. The molecule has 2 aromatic heterocycles. The molecule has 1 spiro atoms. The summed E-state index contributed by atoms with van der Waals surface area (Å²) in [6.07, 6.45) is 8.59. The fourth-order valence-corrected chi connectivity index (χ4v) is 7.88. The van der Waals surface area contributed by atoms with Gasteiger partial charge in [-0.15, -0.1) is 0 Å². The summed E-state index contributed by atoms with van der Waals surface area (Å²) in [5.74, 6) is 1.04. The number of halogens is 1. The van der Waals surface area contributed by atoms with Crippen molar-refractivity contribution >= 4 is 34.2 Å². The van der Waals surface area contributed by atoms with E-state index in [4.69, 9.17) is 16.7 Å². The minimum Gasteiger partial charge on any atom is -0.346 e. The van der Waals surface area contributed by atoms with Crippen molar-refractivity contribution in [2.45, 2.75) is 64.1 Å². The Morgan fingerprint density at radius 1 is 1.12 bits per heavy atom. The summed E-state index contributed by atoms with van der Waals surface area (Å²) in [5, 5.41) is 14.8. The van der Waals surface area contributed by atoms with E-state index in [0.29, 0.717) is 13.1 Å². The minimum atomic E-state index is 0.00575. The van der Waals surface area contributed by atoms with Crippen molar-refractivity contribution in [1.82, 2.24) is 29.8 Å². The fraction of sp³-hybridized carbons (Fsp3) is 0.441. The molecule has 0 bridgehead atoms. The van der Waals surface area contributed by atoms with Gasteiger partial charge in [-0.3, -0.25) is 19.5 Å². The molecule has 2 aromatic carbocycles. The summed E-state index contributed by atoms with van der Waals surface area (Å²) in [7, 11) is 0. The summed E-state index contributed by atoms with van der Waals surface area (Å²) in [6.45, 7) is 13.2. The van der Waals surface area contributed by atoms with E-state index >= 15 is 0 Å². The number of aromatic amines is 1. The van der Waals surface area contributed by atoms with Crippen molar-refractivity contribution in [2.24, 2.45) is 0 Å². The van der Waals surface area contributed by atoms with Gasteiger partial charge in [-0.25, -0.2) is 0 Å². The van der Waals surface area contributed by atoms with Crippen molar-refractivity contribution in [2.75, 3.05) is 37.6 Å². The fourth-order valence-electron chi connectivity index (χ4n) is 7.62. The molecule has 224 valence electrons. The predicted octanol–water partition coefficient (Wildman–Crippen LogP) is 6.29. The van der Waals surface area contributed by atoms with Crippen LogP contribution >= 0.6 is 11.6 Å². The third-order valence-corrected chi connectivity index (χ3v) is 10.5. The number of piperidine rings is 1. The molecule has 4 heterocycles. The second-order valence-corrected chi connectivity index (χ2v) is 13.0. The van der Waals surface area contributed by atoms with Gasteiger partial charge in [0.2, 0.25) is 5.91 Å². The van der Waals surface area contributed by atoms with Crippen LogP contribution in [0.5, 0.6) is 0 Å². The van der Waals surface area contributed by atoms with E-state index in [1.165, 1.54) is 18.1 Å². The second kappa shape index (κ2) is 11.1. The van der Waals surface area contributed by atoms with Crippen LogP contribution in [0.4, 0.5) is 5.82 Å². The standard InChI is InChI=1S/C34H40ClN7O/c1-4-29(43)40-15-11-26(12-16-40)42-24(3)30(31-27-20-36-37-28(27)19-23(2)32(31)35)33(38-42)41-18-17-39(22-34(41)13-8-14-34)21-25-9-6-5-7-10-25/h4-7,9-10,19-20,26H,1,8,11-18,21-22H2,2-3H3,(H,36,37). The van der Waals surface area contributed by atoms with Crippen molar-refractivity contribution in [3.8, 4) is 11.1 Å². The van der Waals surface area contributed by atoms with Gasteiger partial charge < -0.3 is 9.80 Å². The molecule has 3 fully saturated rings. The molecule has 0 unspecified atom stereocenters. The maximum absolute atomic E-state index is 12.3. The third-order valence-electron chi connectivity index (χ3n) is 10.1. The van der Waals surface area contributed by atoms with Crippen LogP contribution in [0.3, 0.4) is 0 Å². The molecule has 9 heteroatoms. The molecule has 1 aliphatic carbocycles. The monoisotopic (exact) mass is 597 g/mol. The summed E-state index contributed by atoms with van der Waals surface area (Å²) >= 11 is 7.18. The van der Waals surface area contributed by atoms with E-state index in [0.717, 1.165) is 96.0 Å². The molecule has 4 aromatic rings. The Bertz CT molecular complexity index is 1660. The lowest BCUT2D eigenvalue weighted by Gasteiger charge is -2.56. The number of nitrogens with one attached hydrogen (secondary N) is 1. The molecule has 0 atom stereocenters. The number of piperazine rings is 1. The molecule has 8 nitrogen and oxygen atoms in total. The minimum absolute atomic E-state index is 0.00575. The molecule has 43 heavy (non-hydrogen) atoms. The Morgan fingerprint density at radius 3 is 2.58 bits per heavy atom. The number of aromatic nitrogens is 4. The average molecular weight is 598 g/mol. The topological polar surface area (TPSA) is 73.3 Å². The van der Waals surface area contributed by atoms with Crippen LogP contribution in [-0.4, -0.2) is 73.9 Å². The number of fused-ring (bicyclic) bond motifs is 1. The van der Waals surface area contributed by atoms with Crippen LogP contribution in [-0.2, 0) is 11.3 Å². The highest BCUT2D eigenvalue weighted by molar-refractivity contribution is 6.36. The number of rotatable bonds is 6. The summed E-state index contributed by atoms with van der Waals surface area (Å²) < 4.78 is 2.24. The maximum atomic E-state index is 12.3. The van der Waals surface area contributed by atoms with Gasteiger partial charge in [-0.1, -0.05) is 48.5 Å². The van der Waals surface area contributed by atoms with Gasteiger partial charge in [0.15, 0.2) is 5.82 Å². The number of hydrogen-bond acceptors (Lipinski definition) is 5. The number of H-pyrrole nitrogens is 1. The van der Waals surface area contributed by atoms with E-state index < -0.39 is 0 Å². The lowest BCUT2D eigenvalue weighted by atomic mass is 9.73. The lowest BCUT2D eigenvalue weighted by Crippen LogP contribution is -2.65. The molecule has 0 radical (unpaired) electrons. The molecule has 1 saturated carbocycles. The van der Waals surface area contributed by atoms with Gasteiger partial charge >= 0.3 is 0 Å². The summed E-state index contributed by atoms with van der Waals surface area (Å²) in [4.78, 5) is 19.4. The molecular weight excluding hydrogens is 558 g/mol. The zero-order valence-electron chi connectivity index (χ0n) is 25.2. The second-order valence-electron chi connectivity index (χ2n) is 12.6. The number of anilines is 1. The zero-order chi connectivity index (χ0) is 29.7. The number of likely N-dealkylation sites (tertiary alicyclic amines) is 1. The van der Waals surface area contributed by atoms with Crippen molar-refractivity contribution in [3.63, 3.8) is 0 Å². The van der Waals surface area contributed by atoms with Gasteiger partial charge in [0.05, 0.1) is 28.3 Å². The van der Waals surface area contributed by atoms with Gasteiger partial charge in [-0.2, -0.15) is 10.2 Å². The first-order valence-corrected chi connectivity index (χ1v) is 15.9. The molecule has 2 aliphatic heterocycles. The molecule has 1 amide bonds. The average Bonchev–Trinajstić information content (AvgIpc) is 3.61. The number of hydrogen-bond donors (Lipinski definition) is 1. The van der Waals surface area contributed by atoms with E-state index in [2.05, 4.69) is 81.5 Å². The highest BCUT2D eigenvalue weighted by Gasteiger charge is 2.48. The Kier molecular flexibility index (Phi) is 7.30. The van der Waals surface area contributed by atoms with Crippen molar-refractivity contribution < 1.29 is 4.79 Å². The van der Waals surface area contributed by atoms with Crippen LogP contribution in [0.1, 0.15) is 55.0 Å². The normalized spacial score (nSPS) is 19.2. The van der Waals surface area contributed by atoms with Gasteiger partial charge in [0.1, 0.15) is 0 Å². The number of aryl methyl sites for hydroxylation is 1. The highest BCUT2D eigenvalue weighted by atomic mass is 35.5. The molecule has 1 N–H and O–H groups in total. The third kappa shape index (κ3) is 4.85. The highest BCUT2D eigenvalue weighted by Crippen LogP contribution is 2.49. The molecular formula is C34H40ClN7O. The summed E-state index contributed by atoms with van der Waals surface area (Å²) in [5.41, 5.74) is 6.68. The van der Waals surface area contributed by atoms with Gasteiger partial charge in [-0.05, 0) is 69.2 Å². The SMILES string of the molecule is C=CC(=O)N1CCC(n2nc(N3CCN(Cc4ccccc4)CC34CCC4)c(-c3c(Cl)c(C)cc4[nH]ncc34)c2C)CC1. The van der Waals surface area contributed by atoms with Crippen LogP contribution in [0.15, 0.2) is 55.3 Å². The molecule has 7 rings (SSSR count). The number of carbonyl (C=O) groups excluding carboxylic acids is 1. The van der Waals surface area contributed by atoms with Crippen LogP contribution < -0.4 is 4.90 Å². The first kappa shape index (κ1) is 28.2. The molecule has 2 saturated heterocycles. The Morgan fingerprint density at radius 2 is 1.88 bits per heavy atom. The van der Waals surface area contributed by atoms with Gasteiger partial charge in [0.25, 0.3) is 0 Å². The van der Waals surface area contributed by atoms with Crippen molar-refractivity contribution in [3.05, 3.63) is 77.1 Å². The summed E-state index contributed by atoms with van der Waals surface area (Å²) in [6, 6.07) is 13.1. The number of carbonyl (C=O) groups is 1. The van der Waals surface area contributed by atoms with Crippen LogP contribution in [0.25, 0.3) is 22.0 Å². The van der Waals surface area contributed by atoms with E-state index in [-0.39, 0.29) is 17.5 Å². The Labute approximate surface area is 258 Å². The zero-order valence-corrected chi connectivity index (χ0v) is 25.9. The Balaban J connectivity index is 1.30. The number of amides is 1. The van der Waals surface area contributed by atoms with Gasteiger partial charge in [0, 0.05) is 61.5 Å². The smallest absolute Gasteiger partial charge is 0.245 e. The van der Waals surface area contributed by atoms with Crippen molar-refractivity contribution in [1.29, 1.82) is 0 Å². The predicted molar refractivity (Wildman–Crippen MR) is 172 cm³/mol. The first-order valence-electron chi connectivity index (χ1n) is 15.6. The van der Waals surface area contributed by atoms with E-state index in [9.17, 15) is 4.79 Å². The number of benzene rings is 2. The van der Waals surface area contributed by atoms with Crippen LogP contribution in [0.2, 0.25) is 5.02 Å².